The molecule has 3 aromatic rings. The van der Waals surface area contributed by atoms with Crippen molar-refractivity contribution in [3.05, 3.63) is 52.5 Å². The van der Waals surface area contributed by atoms with E-state index in [0.29, 0.717) is 0 Å². The van der Waals surface area contributed by atoms with E-state index >= 15 is 0 Å². The molecular formula is C15H13N3S. The van der Waals surface area contributed by atoms with Crippen LogP contribution in [0.15, 0.2) is 42.0 Å². The van der Waals surface area contributed by atoms with Crippen molar-refractivity contribution in [3.8, 4) is 0 Å². The van der Waals surface area contributed by atoms with Crippen LogP contribution in [-0.2, 0) is 13.0 Å². The lowest BCUT2D eigenvalue weighted by Crippen LogP contribution is -2.30. The van der Waals surface area contributed by atoms with Gasteiger partial charge in [0.1, 0.15) is 12.1 Å². The molecule has 0 N–H and O–H groups in total. The molecule has 0 unspecified atom stereocenters. The molecule has 0 saturated heterocycles. The minimum absolute atomic E-state index is 0.958. The molecule has 0 radical (unpaired) electrons. The second kappa shape index (κ2) is 4.31. The van der Waals surface area contributed by atoms with E-state index in [1.165, 1.54) is 10.4 Å². The summed E-state index contributed by atoms with van der Waals surface area (Å²) in [6.07, 6.45) is 2.78. The molecule has 0 saturated carbocycles. The summed E-state index contributed by atoms with van der Waals surface area (Å²) in [6, 6.07) is 10.4. The van der Waals surface area contributed by atoms with Crippen LogP contribution < -0.4 is 4.90 Å². The molecule has 3 heterocycles. The monoisotopic (exact) mass is 267 g/mol. The Morgan fingerprint density at radius 3 is 3.05 bits per heavy atom. The number of benzene rings is 1. The molecule has 1 aliphatic heterocycles. The van der Waals surface area contributed by atoms with E-state index in [1.54, 1.807) is 6.33 Å². The molecule has 1 aromatic carbocycles. The fourth-order valence-electron chi connectivity index (χ4n) is 2.67. The number of para-hydroxylation sites is 1. The third kappa shape index (κ3) is 1.79. The van der Waals surface area contributed by atoms with Crippen molar-refractivity contribution in [2.75, 3.05) is 11.4 Å². The summed E-state index contributed by atoms with van der Waals surface area (Å²) in [5.74, 6) is 1.06. The maximum absolute atomic E-state index is 4.51. The molecule has 4 rings (SSSR count). The molecule has 0 spiro atoms. The average Bonchev–Trinajstić information content (AvgIpc) is 2.94. The van der Waals surface area contributed by atoms with E-state index in [-0.39, 0.29) is 0 Å². The van der Waals surface area contributed by atoms with E-state index in [4.69, 9.17) is 0 Å². The Hall–Kier alpha value is -1.94. The van der Waals surface area contributed by atoms with Crippen LogP contribution in [0.5, 0.6) is 0 Å². The van der Waals surface area contributed by atoms with Crippen LogP contribution >= 0.6 is 11.3 Å². The van der Waals surface area contributed by atoms with Crippen LogP contribution in [0.4, 0.5) is 5.82 Å². The highest BCUT2D eigenvalue weighted by molar-refractivity contribution is 7.10. The van der Waals surface area contributed by atoms with Gasteiger partial charge in [0.15, 0.2) is 0 Å². The number of hydrogen-bond acceptors (Lipinski definition) is 4. The Bertz CT molecular complexity index is 730. The lowest BCUT2D eigenvalue weighted by molar-refractivity contribution is 0.734. The zero-order valence-electron chi connectivity index (χ0n) is 10.4. The zero-order valence-corrected chi connectivity index (χ0v) is 11.2. The summed E-state index contributed by atoms with van der Waals surface area (Å²) in [6.45, 7) is 1.99. The number of rotatable bonds is 1. The summed E-state index contributed by atoms with van der Waals surface area (Å²) in [7, 11) is 0. The highest BCUT2D eigenvalue weighted by Crippen LogP contribution is 2.30. The number of hydrogen-bond donors (Lipinski definition) is 0. The number of fused-ring (bicyclic) bond motifs is 2. The largest absolute Gasteiger partial charge is 0.351 e. The minimum atomic E-state index is 0.958. The molecule has 94 valence electrons. The Labute approximate surface area is 115 Å². The van der Waals surface area contributed by atoms with Gasteiger partial charge in [0.2, 0.25) is 0 Å². The van der Waals surface area contributed by atoms with Crippen molar-refractivity contribution in [1.82, 2.24) is 9.97 Å². The van der Waals surface area contributed by atoms with Gasteiger partial charge in [-0.1, -0.05) is 12.1 Å². The molecule has 3 nitrogen and oxygen atoms in total. The van der Waals surface area contributed by atoms with E-state index in [2.05, 4.69) is 38.4 Å². The van der Waals surface area contributed by atoms with Crippen LogP contribution in [0.2, 0.25) is 0 Å². The smallest absolute Gasteiger partial charge is 0.140 e. The van der Waals surface area contributed by atoms with Crippen LogP contribution in [0.3, 0.4) is 0 Å². The average molecular weight is 267 g/mol. The SMILES string of the molecule is c1ccc2c(N3CCc4sccc4C3)ncnc2c1. The molecule has 0 bridgehead atoms. The first-order valence-electron chi connectivity index (χ1n) is 6.42. The number of nitrogens with zero attached hydrogens (tertiary/aromatic N) is 3. The van der Waals surface area contributed by atoms with Gasteiger partial charge in [-0.05, 0) is 35.6 Å². The van der Waals surface area contributed by atoms with E-state index < -0.39 is 0 Å². The van der Waals surface area contributed by atoms with Gasteiger partial charge in [0.05, 0.1) is 5.52 Å². The standard InChI is InChI=1S/C15H13N3S/c1-2-4-13-12(3-1)15(17-10-16-13)18-7-5-14-11(9-18)6-8-19-14/h1-4,6,8,10H,5,7,9H2. The van der Waals surface area contributed by atoms with Crippen LogP contribution in [0.25, 0.3) is 10.9 Å². The first kappa shape index (κ1) is 10.9. The van der Waals surface area contributed by atoms with Gasteiger partial charge >= 0.3 is 0 Å². The first-order valence-corrected chi connectivity index (χ1v) is 7.30. The van der Waals surface area contributed by atoms with Gasteiger partial charge < -0.3 is 4.90 Å². The van der Waals surface area contributed by atoms with Gasteiger partial charge in [0.25, 0.3) is 0 Å². The molecule has 19 heavy (non-hydrogen) atoms. The highest BCUT2D eigenvalue weighted by atomic mass is 32.1. The minimum Gasteiger partial charge on any atom is -0.351 e. The highest BCUT2D eigenvalue weighted by Gasteiger charge is 2.19. The molecule has 1 aliphatic rings. The summed E-state index contributed by atoms with van der Waals surface area (Å²) < 4.78 is 0. The molecule has 0 amide bonds. The normalized spacial score (nSPS) is 14.6. The van der Waals surface area contributed by atoms with Gasteiger partial charge in [-0.15, -0.1) is 11.3 Å². The van der Waals surface area contributed by atoms with E-state index in [9.17, 15) is 0 Å². The van der Waals surface area contributed by atoms with Crippen molar-refractivity contribution < 1.29 is 0 Å². The van der Waals surface area contributed by atoms with Crippen molar-refractivity contribution in [2.24, 2.45) is 0 Å². The first-order chi connectivity index (χ1) is 9.42. The predicted octanol–water partition coefficient (Wildman–Crippen LogP) is 3.25. The van der Waals surface area contributed by atoms with Gasteiger partial charge in [-0.2, -0.15) is 0 Å². The van der Waals surface area contributed by atoms with Crippen LogP contribution in [0.1, 0.15) is 10.4 Å². The second-order valence-corrected chi connectivity index (χ2v) is 5.76. The molecule has 4 heteroatoms. The number of aromatic nitrogens is 2. The molecule has 0 aliphatic carbocycles. The maximum atomic E-state index is 4.51. The summed E-state index contributed by atoms with van der Waals surface area (Å²) in [5.41, 5.74) is 2.46. The van der Waals surface area contributed by atoms with E-state index in [0.717, 1.165) is 36.2 Å². The Balaban J connectivity index is 1.80. The third-order valence-electron chi connectivity index (χ3n) is 3.63. The Morgan fingerprint density at radius 1 is 1.11 bits per heavy atom. The lowest BCUT2D eigenvalue weighted by Gasteiger charge is -2.28. The summed E-state index contributed by atoms with van der Waals surface area (Å²) in [5, 5.41) is 3.33. The number of anilines is 1. The van der Waals surface area contributed by atoms with Crippen LogP contribution in [0, 0.1) is 0 Å². The number of thiophene rings is 1. The third-order valence-corrected chi connectivity index (χ3v) is 4.65. The van der Waals surface area contributed by atoms with Crippen molar-refractivity contribution in [2.45, 2.75) is 13.0 Å². The fourth-order valence-corrected chi connectivity index (χ4v) is 3.56. The van der Waals surface area contributed by atoms with Gasteiger partial charge in [0, 0.05) is 23.4 Å². The summed E-state index contributed by atoms with van der Waals surface area (Å²) >= 11 is 1.87. The maximum Gasteiger partial charge on any atom is 0.140 e. The van der Waals surface area contributed by atoms with Gasteiger partial charge in [-0.3, -0.25) is 0 Å². The topological polar surface area (TPSA) is 29.0 Å². The fraction of sp³-hybridized carbons (Fsp3) is 0.200. The Morgan fingerprint density at radius 2 is 2.05 bits per heavy atom. The van der Waals surface area contributed by atoms with Crippen molar-refractivity contribution in [1.29, 1.82) is 0 Å². The van der Waals surface area contributed by atoms with Crippen molar-refractivity contribution in [3.63, 3.8) is 0 Å². The Kier molecular flexibility index (Phi) is 2.48. The molecule has 0 atom stereocenters. The predicted molar refractivity (Wildman–Crippen MR) is 78.6 cm³/mol. The summed E-state index contributed by atoms with van der Waals surface area (Å²) in [4.78, 5) is 12.7. The quantitative estimate of drug-likeness (QED) is 0.677. The van der Waals surface area contributed by atoms with Crippen LogP contribution in [-0.4, -0.2) is 16.5 Å². The zero-order chi connectivity index (χ0) is 12.7. The van der Waals surface area contributed by atoms with Crippen molar-refractivity contribution >= 4 is 28.1 Å². The molecule has 0 fully saturated rings. The molecular weight excluding hydrogens is 254 g/mol. The van der Waals surface area contributed by atoms with E-state index in [1.807, 2.05) is 23.5 Å². The lowest BCUT2D eigenvalue weighted by atomic mass is 10.1. The second-order valence-electron chi connectivity index (χ2n) is 4.75. The molecule has 2 aromatic heterocycles. The van der Waals surface area contributed by atoms with Gasteiger partial charge in [-0.25, -0.2) is 9.97 Å².